The van der Waals surface area contributed by atoms with E-state index in [1.807, 2.05) is 0 Å². The molecule has 1 heterocycles. The maximum absolute atomic E-state index is 13.2. The first kappa shape index (κ1) is 13.2. The lowest BCUT2D eigenvalue weighted by atomic mass is 10.2. The van der Waals surface area contributed by atoms with E-state index in [9.17, 15) is 19.1 Å². The fourth-order valence-corrected chi connectivity index (χ4v) is 1.94. The number of benzene rings is 1. The minimum absolute atomic E-state index is 0.151. The van der Waals surface area contributed by atoms with Crippen LogP contribution >= 0.6 is 0 Å². The minimum atomic E-state index is -1.06. The molecule has 0 radical (unpaired) electrons. The number of carboxylic acid groups (broad SMARTS) is 1. The second-order valence-corrected chi connectivity index (χ2v) is 4.13. The quantitative estimate of drug-likeness (QED) is 0.883. The number of aliphatic hydroxyl groups is 1. The lowest BCUT2D eigenvalue weighted by Crippen LogP contribution is -2.11. The molecule has 0 aliphatic heterocycles. The summed E-state index contributed by atoms with van der Waals surface area (Å²) in [7, 11) is 0. The Hall–Kier alpha value is -2.21. The predicted molar refractivity (Wildman–Crippen MR) is 65.3 cm³/mol. The number of hydrogen-bond donors (Lipinski definition) is 2. The first-order valence-corrected chi connectivity index (χ1v) is 5.68. The molecule has 0 spiro atoms. The van der Waals surface area contributed by atoms with E-state index in [0.717, 1.165) is 0 Å². The smallest absolute Gasteiger partial charge is 0.303 e. The number of aliphatic carboxylic acids is 1. The average molecular weight is 265 g/mol. The van der Waals surface area contributed by atoms with Crippen molar-refractivity contribution in [3.8, 4) is 0 Å². The molecule has 100 valence electrons. The van der Waals surface area contributed by atoms with E-state index >= 15 is 0 Å². The lowest BCUT2D eigenvalue weighted by molar-refractivity contribution is -0.136. The molecular weight excluding hydrogens is 253 g/mol. The highest BCUT2D eigenvalue weighted by molar-refractivity contribution is 5.95. The Balaban J connectivity index is 2.43. The molecule has 0 saturated heterocycles. The molecular formula is C13H12FNO4. The predicted octanol–water partition coefficient (Wildman–Crippen LogP) is 1.78. The van der Waals surface area contributed by atoms with E-state index in [1.165, 1.54) is 29.0 Å². The Bertz CT molecular complexity index is 647. The van der Waals surface area contributed by atoms with Crippen LogP contribution in [0.25, 0.3) is 10.9 Å². The van der Waals surface area contributed by atoms with Gasteiger partial charge in [0.1, 0.15) is 5.82 Å². The Morgan fingerprint density at radius 3 is 2.63 bits per heavy atom. The van der Waals surface area contributed by atoms with E-state index in [0.29, 0.717) is 16.5 Å². The molecule has 5 nitrogen and oxygen atoms in total. The van der Waals surface area contributed by atoms with Gasteiger partial charge in [-0.2, -0.15) is 0 Å². The summed E-state index contributed by atoms with van der Waals surface area (Å²) in [5.74, 6) is -1.92. The van der Waals surface area contributed by atoms with Crippen LogP contribution in [-0.4, -0.2) is 26.7 Å². The van der Waals surface area contributed by atoms with Crippen LogP contribution in [0.2, 0.25) is 0 Å². The van der Waals surface area contributed by atoms with Gasteiger partial charge < -0.3 is 10.2 Å². The van der Waals surface area contributed by atoms with Crippen molar-refractivity contribution >= 4 is 22.8 Å². The number of hydrogen-bond acceptors (Lipinski definition) is 3. The van der Waals surface area contributed by atoms with Gasteiger partial charge in [0.2, 0.25) is 5.91 Å². The summed E-state index contributed by atoms with van der Waals surface area (Å²) in [6, 6.07) is 3.88. The Kier molecular flexibility index (Phi) is 3.62. The second-order valence-electron chi connectivity index (χ2n) is 4.13. The van der Waals surface area contributed by atoms with Gasteiger partial charge in [0, 0.05) is 23.6 Å². The molecule has 2 N–H and O–H groups in total. The van der Waals surface area contributed by atoms with Crippen molar-refractivity contribution in [1.29, 1.82) is 0 Å². The molecule has 2 aromatic rings. The molecule has 6 heteroatoms. The molecule has 0 aliphatic carbocycles. The number of halogens is 1. The summed E-state index contributed by atoms with van der Waals surface area (Å²) in [6.07, 6.45) is 0.990. The number of aliphatic hydroxyl groups excluding tert-OH is 1. The first-order valence-electron chi connectivity index (χ1n) is 5.68. The molecule has 1 aromatic carbocycles. The fourth-order valence-electron chi connectivity index (χ4n) is 1.94. The number of nitrogens with zero attached hydrogens (tertiary/aromatic N) is 1. The number of fused-ring (bicyclic) bond motifs is 1. The summed E-state index contributed by atoms with van der Waals surface area (Å²) in [4.78, 5) is 22.4. The largest absolute Gasteiger partial charge is 0.481 e. The van der Waals surface area contributed by atoms with Crippen molar-refractivity contribution in [2.45, 2.75) is 19.4 Å². The number of rotatable bonds is 4. The van der Waals surface area contributed by atoms with Gasteiger partial charge in [-0.25, -0.2) is 4.39 Å². The molecule has 2 rings (SSSR count). The molecule has 1 aromatic heterocycles. The Labute approximate surface area is 107 Å². The number of carboxylic acids is 1. The van der Waals surface area contributed by atoms with Gasteiger partial charge in [-0.15, -0.1) is 0 Å². The van der Waals surface area contributed by atoms with Crippen molar-refractivity contribution in [2.24, 2.45) is 0 Å². The number of carbonyl (C=O) groups excluding carboxylic acids is 1. The summed E-state index contributed by atoms with van der Waals surface area (Å²) >= 11 is 0. The summed E-state index contributed by atoms with van der Waals surface area (Å²) in [5, 5.41) is 18.2. The van der Waals surface area contributed by atoms with Crippen molar-refractivity contribution in [1.82, 2.24) is 4.57 Å². The molecule has 19 heavy (non-hydrogen) atoms. The molecule has 0 fully saturated rings. The van der Waals surface area contributed by atoms with E-state index in [1.54, 1.807) is 0 Å². The molecule has 0 saturated carbocycles. The molecule has 0 atom stereocenters. The van der Waals surface area contributed by atoms with Crippen molar-refractivity contribution in [2.75, 3.05) is 0 Å². The van der Waals surface area contributed by atoms with Crippen LogP contribution in [-0.2, 0) is 11.4 Å². The summed E-state index contributed by atoms with van der Waals surface area (Å²) in [5.41, 5.74) is 0.888. The van der Waals surface area contributed by atoms with Crippen LogP contribution < -0.4 is 0 Å². The van der Waals surface area contributed by atoms with Crippen molar-refractivity contribution < 1.29 is 24.2 Å². The topological polar surface area (TPSA) is 79.5 Å². The summed E-state index contributed by atoms with van der Waals surface area (Å²) < 4.78 is 14.4. The van der Waals surface area contributed by atoms with Crippen LogP contribution in [0.15, 0.2) is 24.4 Å². The molecule has 0 amide bonds. The van der Waals surface area contributed by atoms with Crippen molar-refractivity contribution in [3.05, 3.63) is 35.8 Å². The summed E-state index contributed by atoms with van der Waals surface area (Å²) in [6.45, 7) is -0.320. The maximum Gasteiger partial charge on any atom is 0.303 e. The van der Waals surface area contributed by atoms with E-state index < -0.39 is 17.7 Å². The van der Waals surface area contributed by atoms with Crippen LogP contribution in [0.1, 0.15) is 23.2 Å². The standard InChI is InChI=1S/C13H12FNO4/c14-9-1-2-11-10(5-9)8(7-16)6-15(11)12(17)3-4-13(18)19/h1-2,5-6,16H,3-4,7H2,(H,18,19). The van der Waals surface area contributed by atoms with Crippen molar-refractivity contribution in [3.63, 3.8) is 0 Å². The third-order valence-electron chi connectivity index (χ3n) is 2.84. The van der Waals surface area contributed by atoms with Gasteiger partial charge in [-0.3, -0.25) is 14.2 Å². The normalized spacial score (nSPS) is 10.8. The van der Waals surface area contributed by atoms with Gasteiger partial charge in [0.05, 0.1) is 18.5 Å². The first-order chi connectivity index (χ1) is 9.02. The molecule has 0 aliphatic rings. The molecule has 0 unspecified atom stereocenters. The number of carbonyl (C=O) groups is 2. The van der Waals surface area contributed by atoms with E-state index in [2.05, 4.69) is 0 Å². The zero-order valence-corrected chi connectivity index (χ0v) is 9.97. The highest BCUT2D eigenvalue weighted by Gasteiger charge is 2.14. The SMILES string of the molecule is O=C(O)CCC(=O)n1cc(CO)c2cc(F)ccc21. The minimum Gasteiger partial charge on any atom is -0.481 e. The second kappa shape index (κ2) is 5.19. The molecule has 0 bridgehead atoms. The average Bonchev–Trinajstić information content (AvgIpc) is 2.73. The lowest BCUT2D eigenvalue weighted by Gasteiger charge is -2.02. The number of aromatic nitrogens is 1. The highest BCUT2D eigenvalue weighted by Crippen LogP contribution is 2.23. The van der Waals surface area contributed by atoms with Gasteiger partial charge in [0.25, 0.3) is 0 Å². The zero-order valence-electron chi connectivity index (χ0n) is 9.97. The highest BCUT2D eigenvalue weighted by atomic mass is 19.1. The van der Waals surface area contributed by atoms with Gasteiger partial charge in [-0.05, 0) is 18.2 Å². The van der Waals surface area contributed by atoms with Gasteiger partial charge >= 0.3 is 5.97 Å². The Morgan fingerprint density at radius 2 is 2.00 bits per heavy atom. The van der Waals surface area contributed by atoms with Crippen LogP contribution in [0.3, 0.4) is 0 Å². The fraction of sp³-hybridized carbons (Fsp3) is 0.231. The third kappa shape index (κ3) is 2.63. The van der Waals surface area contributed by atoms with E-state index in [4.69, 9.17) is 5.11 Å². The zero-order chi connectivity index (χ0) is 14.0. The van der Waals surface area contributed by atoms with E-state index in [-0.39, 0.29) is 19.4 Å². The van der Waals surface area contributed by atoms with Crippen LogP contribution in [0, 0.1) is 5.82 Å². The van der Waals surface area contributed by atoms with Gasteiger partial charge in [-0.1, -0.05) is 0 Å². The maximum atomic E-state index is 13.2. The van der Waals surface area contributed by atoms with Crippen LogP contribution in [0.5, 0.6) is 0 Å². The Morgan fingerprint density at radius 1 is 1.26 bits per heavy atom. The third-order valence-corrected chi connectivity index (χ3v) is 2.84. The van der Waals surface area contributed by atoms with Crippen LogP contribution in [0.4, 0.5) is 4.39 Å². The van der Waals surface area contributed by atoms with Gasteiger partial charge in [0.15, 0.2) is 0 Å². The monoisotopic (exact) mass is 265 g/mol.